The minimum absolute atomic E-state index is 0.0610. The van der Waals surface area contributed by atoms with Gasteiger partial charge in [-0.3, -0.25) is 9.69 Å². The molecule has 0 atom stereocenters. The van der Waals surface area contributed by atoms with Gasteiger partial charge in [0.05, 0.1) is 17.8 Å². The Morgan fingerprint density at radius 3 is 2.95 bits per heavy atom. The van der Waals surface area contributed by atoms with Crippen LogP contribution in [-0.4, -0.2) is 33.6 Å². The number of thiophene rings is 1. The number of hydrogen-bond donors (Lipinski definition) is 1. The highest BCUT2D eigenvalue weighted by Crippen LogP contribution is 2.15. The lowest BCUT2D eigenvalue weighted by atomic mass is 10.1. The predicted octanol–water partition coefficient (Wildman–Crippen LogP) is 2.26. The van der Waals surface area contributed by atoms with Crippen LogP contribution in [0.2, 0.25) is 0 Å². The molecule has 0 aliphatic carbocycles. The van der Waals surface area contributed by atoms with Crippen molar-refractivity contribution in [2.24, 2.45) is 0 Å². The molecule has 0 unspecified atom stereocenters. The molecule has 0 fully saturated rings. The zero-order valence-corrected chi connectivity index (χ0v) is 13.7. The predicted molar refractivity (Wildman–Crippen MR) is 86.3 cm³/mol. The first-order chi connectivity index (χ1) is 10.5. The van der Waals surface area contributed by atoms with Gasteiger partial charge in [0.1, 0.15) is 16.3 Å². The molecule has 0 aliphatic heterocycles. The molecule has 0 radical (unpaired) electrons. The molecule has 0 aliphatic rings. The first-order valence-electron chi connectivity index (χ1n) is 7.11. The number of likely N-dealkylation sites (N-methyl/N-ethyl adjacent to an activating group) is 1. The highest BCUT2D eigenvalue weighted by molar-refractivity contribution is 7.17. The van der Waals surface area contributed by atoms with Crippen LogP contribution in [0.15, 0.2) is 20.8 Å². The van der Waals surface area contributed by atoms with Crippen molar-refractivity contribution in [3.05, 3.63) is 44.6 Å². The van der Waals surface area contributed by atoms with E-state index in [4.69, 9.17) is 4.52 Å². The minimum Gasteiger partial charge on any atom is -0.361 e. The maximum atomic E-state index is 12.0. The van der Waals surface area contributed by atoms with Gasteiger partial charge in [-0.25, -0.2) is 4.98 Å². The fourth-order valence-corrected chi connectivity index (χ4v) is 3.22. The van der Waals surface area contributed by atoms with Crippen LogP contribution in [-0.2, 0) is 13.0 Å². The molecule has 3 aromatic heterocycles. The second kappa shape index (κ2) is 6.02. The lowest BCUT2D eigenvalue weighted by Crippen LogP contribution is -2.24. The Bertz CT molecular complexity index is 829. The Morgan fingerprint density at radius 1 is 1.41 bits per heavy atom. The van der Waals surface area contributed by atoms with Crippen LogP contribution >= 0.6 is 11.3 Å². The number of fused-ring (bicyclic) bond motifs is 1. The van der Waals surface area contributed by atoms with Crippen LogP contribution in [0.3, 0.4) is 0 Å². The Balaban J connectivity index is 1.68. The molecule has 6 nitrogen and oxygen atoms in total. The SMILES string of the molecule is Cc1noc(C)c1CCN(C)Cc1nc2ccsc2c(=O)[nH]1. The first-order valence-corrected chi connectivity index (χ1v) is 7.99. The summed E-state index contributed by atoms with van der Waals surface area (Å²) in [4.78, 5) is 21.4. The molecule has 0 amide bonds. The maximum absolute atomic E-state index is 12.0. The number of rotatable bonds is 5. The molecule has 3 heterocycles. The molecule has 0 spiro atoms. The summed E-state index contributed by atoms with van der Waals surface area (Å²) < 4.78 is 5.86. The van der Waals surface area contributed by atoms with Crippen molar-refractivity contribution in [2.75, 3.05) is 13.6 Å². The van der Waals surface area contributed by atoms with E-state index in [9.17, 15) is 4.79 Å². The van der Waals surface area contributed by atoms with Gasteiger partial charge >= 0.3 is 0 Å². The highest BCUT2D eigenvalue weighted by Gasteiger charge is 2.11. The van der Waals surface area contributed by atoms with Gasteiger partial charge in [0.2, 0.25) is 0 Å². The average molecular weight is 318 g/mol. The summed E-state index contributed by atoms with van der Waals surface area (Å²) in [6.45, 7) is 5.33. The van der Waals surface area contributed by atoms with Crippen molar-refractivity contribution < 1.29 is 4.52 Å². The Labute approximate surface area is 131 Å². The zero-order valence-electron chi connectivity index (χ0n) is 12.8. The quantitative estimate of drug-likeness (QED) is 0.781. The molecular weight excluding hydrogens is 300 g/mol. The van der Waals surface area contributed by atoms with Crippen molar-refractivity contribution in [3.63, 3.8) is 0 Å². The molecular formula is C15H18N4O2S. The fourth-order valence-electron chi connectivity index (χ4n) is 2.49. The van der Waals surface area contributed by atoms with Gasteiger partial charge in [0, 0.05) is 12.1 Å². The third-order valence-corrected chi connectivity index (χ3v) is 4.61. The second-order valence-corrected chi connectivity index (χ2v) is 6.35. The van der Waals surface area contributed by atoms with Crippen molar-refractivity contribution in [1.82, 2.24) is 20.0 Å². The van der Waals surface area contributed by atoms with Gasteiger partial charge in [-0.15, -0.1) is 11.3 Å². The summed E-state index contributed by atoms with van der Waals surface area (Å²) in [5, 5.41) is 5.85. The number of aryl methyl sites for hydroxylation is 2. The summed E-state index contributed by atoms with van der Waals surface area (Å²) in [6, 6.07) is 1.88. The van der Waals surface area contributed by atoms with E-state index < -0.39 is 0 Å². The van der Waals surface area contributed by atoms with E-state index in [1.165, 1.54) is 11.3 Å². The van der Waals surface area contributed by atoms with Gasteiger partial charge in [0.15, 0.2) is 0 Å². The standard InChI is InChI=1S/C15H18N4O2S/c1-9-11(10(2)21-18-9)4-6-19(3)8-13-16-12-5-7-22-14(12)15(20)17-13/h5,7H,4,6,8H2,1-3H3,(H,16,17,20). The number of aromatic amines is 1. The minimum atomic E-state index is -0.0610. The maximum Gasteiger partial charge on any atom is 0.268 e. The number of H-pyrrole nitrogens is 1. The summed E-state index contributed by atoms with van der Waals surface area (Å²) in [6.07, 6.45) is 0.864. The van der Waals surface area contributed by atoms with Gasteiger partial charge < -0.3 is 9.51 Å². The van der Waals surface area contributed by atoms with Crippen molar-refractivity contribution in [2.45, 2.75) is 26.8 Å². The summed E-state index contributed by atoms with van der Waals surface area (Å²) in [7, 11) is 2.01. The normalized spacial score (nSPS) is 11.6. The van der Waals surface area contributed by atoms with Gasteiger partial charge in [-0.05, 0) is 38.8 Å². The van der Waals surface area contributed by atoms with E-state index in [1.54, 1.807) is 0 Å². The summed E-state index contributed by atoms with van der Waals surface area (Å²) in [5.74, 6) is 1.56. The number of aromatic nitrogens is 3. The van der Waals surface area contributed by atoms with E-state index in [2.05, 4.69) is 20.0 Å². The highest BCUT2D eigenvalue weighted by atomic mass is 32.1. The van der Waals surface area contributed by atoms with Crippen LogP contribution in [0.5, 0.6) is 0 Å². The van der Waals surface area contributed by atoms with Gasteiger partial charge in [-0.2, -0.15) is 0 Å². The number of nitrogens with zero attached hydrogens (tertiary/aromatic N) is 3. The summed E-state index contributed by atoms with van der Waals surface area (Å²) in [5.41, 5.74) is 2.80. The van der Waals surface area contributed by atoms with Crippen molar-refractivity contribution in [1.29, 1.82) is 0 Å². The topological polar surface area (TPSA) is 75.0 Å². The third-order valence-electron chi connectivity index (χ3n) is 3.71. The van der Waals surface area contributed by atoms with E-state index in [1.807, 2.05) is 32.3 Å². The molecule has 116 valence electrons. The smallest absolute Gasteiger partial charge is 0.268 e. The monoisotopic (exact) mass is 318 g/mol. The van der Waals surface area contributed by atoms with E-state index in [0.29, 0.717) is 17.1 Å². The van der Waals surface area contributed by atoms with E-state index in [0.717, 1.165) is 35.5 Å². The largest absolute Gasteiger partial charge is 0.361 e. The van der Waals surface area contributed by atoms with E-state index in [-0.39, 0.29) is 5.56 Å². The molecule has 1 N–H and O–H groups in total. The van der Waals surface area contributed by atoms with Gasteiger partial charge in [-0.1, -0.05) is 5.16 Å². The molecule has 0 aromatic carbocycles. The molecule has 7 heteroatoms. The Kier molecular flexibility index (Phi) is 4.08. The van der Waals surface area contributed by atoms with E-state index >= 15 is 0 Å². The Morgan fingerprint density at radius 2 is 2.23 bits per heavy atom. The number of hydrogen-bond acceptors (Lipinski definition) is 6. The van der Waals surface area contributed by atoms with Crippen LogP contribution in [0.4, 0.5) is 0 Å². The van der Waals surface area contributed by atoms with Crippen LogP contribution in [0.25, 0.3) is 10.2 Å². The lowest BCUT2D eigenvalue weighted by molar-refractivity contribution is 0.321. The van der Waals surface area contributed by atoms with Crippen molar-refractivity contribution >= 4 is 21.6 Å². The number of nitrogens with one attached hydrogen (secondary N) is 1. The van der Waals surface area contributed by atoms with Crippen molar-refractivity contribution in [3.8, 4) is 0 Å². The summed E-state index contributed by atoms with van der Waals surface area (Å²) >= 11 is 1.42. The fraction of sp³-hybridized carbons (Fsp3) is 0.400. The Hall–Kier alpha value is -1.99. The van der Waals surface area contributed by atoms with Crippen LogP contribution in [0.1, 0.15) is 22.8 Å². The molecule has 22 heavy (non-hydrogen) atoms. The molecule has 0 bridgehead atoms. The molecule has 3 rings (SSSR count). The van der Waals surface area contributed by atoms with Crippen LogP contribution in [0, 0.1) is 13.8 Å². The first kappa shape index (κ1) is 14.9. The third kappa shape index (κ3) is 2.95. The molecule has 0 saturated carbocycles. The zero-order chi connectivity index (χ0) is 15.7. The molecule has 3 aromatic rings. The average Bonchev–Trinajstić information content (AvgIpc) is 3.05. The molecule has 0 saturated heterocycles. The van der Waals surface area contributed by atoms with Crippen LogP contribution < -0.4 is 5.56 Å². The second-order valence-electron chi connectivity index (χ2n) is 5.44. The lowest BCUT2D eigenvalue weighted by Gasteiger charge is -2.15. The van der Waals surface area contributed by atoms with Gasteiger partial charge in [0.25, 0.3) is 5.56 Å².